The van der Waals surface area contributed by atoms with Crippen molar-refractivity contribution in [1.82, 2.24) is 14.9 Å². The van der Waals surface area contributed by atoms with Gasteiger partial charge in [0.1, 0.15) is 11.6 Å². The molecule has 1 saturated heterocycles. The van der Waals surface area contributed by atoms with E-state index < -0.39 is 12.1 Å². The Bertz CT molecular complexity index is 1320. The summed E-state index contributed by atoms with van der Waals surface area (Å²) in [5, 5.41) is 7.12. The molecular formula is C24H22F4N4O2S. The zero-order valence-corrected chi connectivity index (χ0v) is 19.2. The second-order valence-corrected chi connectivity index (χ2v) is 9.28. The molecule has 2 aromatic carbocycles. The van der Waals surface area contributed by atoms with Crippen LogP contribution in [0.15, 0.2) is 54.6 Å². The van der Waals surface area contributed by atoms with Crippen molar-refractivity contribution >= 4 is 28.3 Å². The van der Waals surface area contributed by atoms with Gasteiger partial charge in [0.2, 0.25) is 0 Å². The number of nitrogens with two attached hydrogens (primary N) is 1. The predicted octanol–water partition coefficient (Wildman–Crippen LogP) is 5.26. The molecule has 3 heterocycles. The summed E-state index contributed by atoms with van der Waals surface area (Å²) in [4.78, 5) is 21.3. The quantitative estimate of drug-likeness (QED) is 0.328. The van der Waals surface area contributed by atoms with Gasteiger partial charge in [-0.3, -0.25) is 4.90 Å². The van der Waals surface area contributed by atoms with Crippen LogP contribution in [0.4, 0.5) is 17.6 Å². The van der Waals surface area contributed by atoms with Gasteiger partial charge in [-0.25, -0.2) is 14.2 Å². The number of rotatable bonds is 4. The van der Waals surface area contributed by atoms with Gasteiger partial charge in [-0.05, 0) is 47.9 Å². The number of carboxylic acid groups (broad SMARTS) is 1. The third-order valence-electron chi connectivity index (χ3n) is 5.48. The largest absolute Gasteiger partial charge is 0.490 e. The van der Waals surface area contributed by atoms with Gasteiger partial charge >= 0.3 is 12.1 Å². The van der Waals surface area contributed by atoms with E-state index in [2.05, 4.69) is 51.3 Å². The maximum atomic E-state index is 13.4. The molecule has 1 aliphatic rings. The number of aromatic nitrogens is 2. The Kier molecular flexibility index (Phi) is 7.20. The van der Waals surface area contributed by atoms with Gasteiger partial charge in [0.05, 0.1) is 15.9 Å². The van der Waals surface area contributed by atoms with Crippen molar-refractivity contribution in [3.05, 3.63) is 66.0 Å². The maximum Gasteiger partial charge on any atom is 0.490 e. The zero-order chi connectivity index (χ0) is 25.2. The fourth-order valence-electron chi connectivity index (χ4n) is 3.76. The lowest BCUT2D eigenvalue weighted by atomic mass is 10.1. The minimum absolute atomic E-state index is 0.259. The Hall–Kier alpha value is -3.28. The molecule has 1 atom stereocenters. The number of aromatic amines is 1. The summed E-state index contributed by atoms with van der Waals surface area (Å²) in [6, 6.07) is 17.9. The number of benzene rings is 2. The summed E-state index contributed by atoms with van der Waals surface area (Å²) >= 11 is 1.68. The number of H-pyrrole nitrogens is 1. The highest BCUT2D eigenvalue weighted by atomic mass is 32.1. The number of hydrogen-bond acceptors (Lipinski definition) is 5. The number of nitrogens with one attached hydrogen (secondary N) is 1. The van der Waals surface area contributed by atoms with Crippen LogP contribution in [0.25, 0.3) is 32.2 Å². The van der Waals surface area contributed by atoms with Gasteiger partial charge in [0, 0.05) is 30.6 Å². The topological polar surface area (TPSA) is 95.2 Å². The lowest BCUT2D eigenvalue weighted by Crippen LogP contribution is -2.26. The Morgan fingerprint density at radius 1 is 1.14 bits per heavy atom. The van der Waals surface area contributed by atoms with Gasteiger partial charge in [-0.1, -0.05) is 24.3 Å². The van der Waals surface area contributed by atoms with E-state index in [1.54, 1.807) is 17.4 Å². The number of imidazole rings is 1. The standard InChI is InChI=1S/C22H21FN4S.C2HF3O2/c23-16-5-6-18-19(11-16)26-22(25-18)21-8-7-20(28-21)15-3-1-14(2-4-15)12-27-10-9-17(24)13-27;3-2(4,5)1(6)7/h1-8,11,17H,9-10,12-13,24H2,(H,25,26);(H,6,7). The molecule has 1 fully saturated rings. The number of aliphatic carboxylic acids is 1. The first kappa shape index (κ1) is 24.8. The molecule has 1 aliphatic heterocycles. The molecular weight excluding hydrogens is 484 g/mol. The van der Waals surface area contributed by atoms with E-state index in [9.17, 15) is 17.6 Å². The summed E-state index contributed by atoms with van der Waals surface area (Å²) in [5.41, 5.74) is 10.00. The van der Waals surface area contributed by atoms with E-state index in [4.69, 9.17) is 15.6 Å². The van der Waals surface area contributed by atoms with Crippen molar-refractivity contribution in [3.63, 3.8) is 0 Å². The smallest absolute Gasteiger partial charge is 0.475 e. The summed E-state index contributed by atoms with van der Waals surface area (Å²) in [6.07, 6.45) is -4.00. The fraction of sp³-hybridized carbons (Fsp3) is 0.250. The van der Waals surface area contributed by atoms with E-state index in [1.807, 2.05) is 0 Å². The van der Waals surface area contributed by atoms with Gasteiger partial charge in [0.25, 0.3) is 0 Å². The van der Waals surface area contributed by atoms with Crippen molar-refractivity contribution in [3.8, 4) is 21.1 Å². The molecule has 4 N–H and O–H groups in total. The molecule has 0 amide bonds. The van der Waals surface area contributed by atoms with Crippen molar-refractivity contribution in [2.75, 3.05) is 13.1 Å². The van der Waals surface area contributed by atoms with E-state index in [0.717, 1.165) is 47.8 Å². The van der Waals surface area contributed by atoms with Gasteiger partial charge < -0.3 is 15.8 Å². The molecule has 0 bridgehead atoms. The molecule has 11 heteroatoms. The molecule has 0 spiro atoms. The second-order valence-electron chi connectivity index (χ2n) is 8.19. The highest BCUT2D eigenvalue weighted by Crippen LogP contribution is 2.34. The summed E-state index contributed by atoms with van der Waals surface area (Å²) in [6.45, 7) is 3.02. The third-order valence-corrected chi connectivity index (χ3v) is 6.62. The average Bonchev–Trinajstić information content (AvgIpc) is 3.53. The summed E-state index contributed by atoms with van der Waals surface area (Å²) < 4.78 is 45.1. The number of hydrogen-bond donors (Lipinski definition) is 3. The fourth-order valence-corrected chi connectivity index (χ4v) is 4.71. The number of thiophene rings is 1. The molecule has 6 nitrogen and oxygen atoms in total. The number of carboxylic acids is 1. The molecule has 2 aromatic heterocycles. The molecule has 0 radical (unpaired) electrons. The first-order valence-electron chi connectivity index (χ1n) is 10.7. The van der Waals surface area contributed by atoms with Crippen LogP contribution in [0.1, 0.15) is 12.0 Å². The van der Waals surface area contributed by atoms with Crippen molar-refractivity contribution < 1.29 is 27.5 Å². The van der Waals surface area contributed by atoms with Crippen LogP contribution in [-0.4, -0.2) is 51.3 Å². The second kappa shape index (κ2) is 10.1. The Labute approximate surface area is 202 Å². The summed E-state index contributed by atoms with van der Waals surface area (Å²) in [5.74, 6) is -2.24. The average molecular weight is 507 g/mol. The van der Waals surface area contributed by atoms with Crippen LogP contribution in [0.2, 0.25) is 0 Å². The van der Waals surface area contributed by atoms with Gasteiger partial charge in [0.15, 0.2) is 0 Å². The molecule has 184 valence electrons. The van der Waals surface area contributed by atoms with Crippen LogP contribution in [0.3, 0.4) is 0 Å². The number of carbonyl (C=O) groups is 1. The highest BCUT2D eigenvalue weighted by molar-refractivity contribution is 7.18. The number of nitrogens with zero attached hydrogens (tertiary/aromatic N) is 2. The lowest BCUT2D eigenvalue weighted by molar-refractivity contribution is -0.192. The zero-order valence-electron chi connectivity index (χ0n) is 18.3. The van der Waals surface area contributed by atoms with Crippen LogP contribution in [0.5, 0.6) is 0 Å². The minimum atomic E-state index is -5.08. The van der Waals surface area contributed by atoms with Crippen LogP contribution >= 0.6 is 11.3 Å². The molecule has 4 aromatic rings. The highest BCUT2D eigenvalue weighted by Gasteiger charge is 2.38. The first-order valence-corrected chi connectivity index (χ1v) is 11.5. The Morgan fingerprint density at radius 2 is 1.83 bits per heavy atom. The van der Waals surface area contributed by atoms with Crippen molar-refractivity contribution in [2.45, 2.75) is 25.2 Å². The molecule has 1 unspecified atom stereocenters. The van der Waals surface area contributed by atoms with Crippen LogP contribution in [-0.2, 0) is 11.3 Å². The van der Waals surface area contributed by atoms with Gasteiger partial charge in [-0.2, -0.15) is 13.2 Å². The summed E-state index contributed by atoms with van der Waals surface area (Å²) in [7, 11) is 0. The van der Waals surface area contributed by atoms with Crippen LogP contribution < -0.4 is 5.73 Å². The van der Waals surface area contributed by atoms with Crippen molar-refractivity contribution in [1.29, 1.82) is 0 Å². The Morgan fingerprint density at radius 3 is 2.46 bits per heavy atom. The first-order chi connectivity index (χ1) is 16.6. The number of halogens is 4. The molecule has 35 heavy (non-hydrogen) atoms. The number of fused-ring (bicyclic) bond motifs is 1. The lowest BCUT2D eigenvalue weighted by Gasteiger charge is -2.15. The van der Waals surface area contributed by atoms with E-state index >= 15 is 0 Å². The molecule has 0 saturated carbocycles. The van der Waals surface area contributed by atoms with E-state index in [0.29, 0.717) is 6.04 Å². The van der Waals surface area contributed by atoms with Gasteiger partial charge in [-0.15, -0.1) is 11.3 Å². The Balaban J connectivity index is 0.000000364. The van der Waals surface area contributed by atoms with E-state index in [-0.39, 0.29) is 5.82 Å². The SMILES string of the molecule is NC1CCN(Cc2ccc(-c3ccc(-c4nc5ccc(F)cc5[nH]4)s3)cc2)C1.O=C(O)C(F)(F)F. The normalized spacial score (nSPS) is 16.3. The number of likely N-dealkylation sites (tertiary alicyclic amines) is 1. The van der Waals surface area contributed by atoms with Crippen LogP contribution in [0, 0.1) is 5.82 Å². The minimum Gasteiger partial charge on any atom is -0.475 e. The van der Waals surface area contributed by atoms with Crippen molar-refractivity contribution in [2.24, 2.45) is 5.73 Å². The monoisotopic (exact) mass is 506 g/mol. The third kappa shape index (κ3) is 6.24. The predicted molar refractivity (Wildman–Crippen MR) is 126 cm³/mol. The van der Waals surface area contributed by atoms with E-state index in [1.165, 1.54) is 28.1 Å². The maximum absolute atomic E-state index is 13.4. The number of alkyl halides is 3. The molecule has 5 rings (SSSR count). The molecule has 0 aliphatic carbocycles.